The summed E-state index contributed by atoms with van der Waals surface area (Å²) in [5.41, 5.74) is 3.58. The fourth-order valence-electron chi connectivity index (χ4n) is 3.27. The van der Waals surface area contributed by atoms with Gasteiger partial charge in [-0.3, -0.25) is 4.79 Å². The third kappa shape index (κ3) is 6.72. The van der Waals surface area contributed by atoms with Crippen LogP contribution in [0.3, 0.4) is 0 Å². The molecule has 1 fully saturated rings. The van der Waals surface area contributed by atoms with Gasteiger partial charge in [-0.25, -0.2) is 15.2 Å². The van der Waals surface area contributed by atoms with Gasteiger partial charge >= 0.3 is 5.97 Å². The van der Waals surface area contributed by atoms with Gasteiger partial charge in [0.1, 0.15) is 6.10 Å². The molecule has 0 amide bonds. The van der Waals surface area contributed by atoms with E-state index in [2.05, 4.69) is 30.8 Å². The van der Waals surface area contributed by atoms with Crippen molar-refractivity contribution in [3.63, 3.8) is 0 Å². The van der Waals surface area contributed by atoms with Crippen LogP contribution in [0.5, 0.6) is 11.5 Å². The monoisotopic (exact) mass is 471 g/mol. The van der Waals surface area contributed by atoms with Gasteiger partial charge in [0.05, 0.1) is 19.1 Å². The van der Waals surface area contributed by atoms with Gasteiger partial charge < -0.3 is 14.2 Å². The second-order valence-corrected chi connectivity index (χ2v) is 8.19. The first kappa shape index (κ1) is 22.6. The van der Waals surface area contributed by atoms with Crippen LogP contribution in [0, 0.1) is 0 Å². The molecular weight excluding hydrogens is 446 g/mol. The fraction of sp³-hybridized carbons (Fsp3) is 0.381. The number of hydrazone groups is 1. The summed E-state index contributed by atoms with van der Waals surface area (Å²) >= 11 is 1.22. The summed E-state index contributed by atoms with van der Waals surface area (Å²) in [7, 11) is 1.58. The molecule has 33 heavy (non-hydrogen) atoms. The zero-order valence-corrected chi connectivity index (χ0v) is 19.0. The smallest absolute Gasteiger partial charge is 0.316 e. The average molecular weight is 472 g/mol. The van der Waals surface area contributed by atoms with Gasteiger partial charge in [0.2, 0.25) is 11.1 Å². The lowest BCUT2D eigenvalue weighted by Crippen LogP contribution is -2.16. The van der Waals surface area contributed by atoms with Gasteiger partial charge in [-0.2, -0.15) is 15.2 Å². The number of aromatic nitrogens is 5. The van der Waals surface area contributed by atoms with Crippen molar-refractivity contribution in [3.05, 3.63) is 42.2 Å². The van der Waals surface area contributed by atoms with Crippen LogP contribution >= 0.6 is 11.8 Å². The largest absolute Gasteiger partial charge is 0.493 e. The number of nitrogens with one attached hydrogen (secondary N) is 2. The number of anilines is 1. The molecule has 3 aromatic rings. The fourth-order valence-corrected chi connectivity index (χ4v) is 3.86. The van der Waals surface area contributed by atoms with Crippen LogP contribution in [-0.2, 0) is 16.3 Å². The number of H-pyrrole nitrogens is 1. The highest BCUT2D eigenvalue weighted by molar-refractivity contribution is 7.99. The molecule has 0 saturated heterocycles. The average Bonchev–Trinajstić information content (AvgIpc) is 3.60. The number of nitrogens with zero attached hydrogens (tertiary/aromatic N) is 5. The maximum Gasteiger partial charge on any atom is 0.316 e. The van der Waals surface area contributed by atoms with Gasteiger partial charge in [-0.05, 0) is 55.5 Å². The molecule has 0 bridgehead atoms. The summed E-state index contributed by atoms with van der Waals surface area (Å²) in [5, 5.41) is 15.5. The van der Waals surface area contributed by atoms with Crippen molar-refractivity contribution in [3.8, 4) is 11.5 Å². The van der Waals surface area contributed by atoms with Crippen LogP contribution in [0.25, 0.3) is 0 Å². The summed E-state index contributed by atoms with van der Waals surface area (Å²) in [6, 6.07) is 7.29. The van der Waals surface area contributed by atoms with Gasteiger partial charge in [0, 0.05) is 12.4 Å². The van der Waals surface area contributed by atoms with E-state index in [1.807, 2.05) is 18.3 Å². The standard InChI is InChI=1S/C21H25N7O4S/c1-30-18-11-15(7-8-17(18)31-14-28-10-4-9-23-28)12-22-25-20-24-21(27-26-20)33-13-19(29)32-16-5-2-3-6-16/h4,7-12,16H,2-3,5-6,13-14H2,1H3,(H2,24,25,26,27)/b22-12+. The predicted octanol–water partition coefficient (Wildman–Crippen LogP) is 3.07. The minimum Gasteiger partial charge on any atom is -0.493 e. The number of rotatable bonds is 11. The van der Waals surface area contributed by atoms with Crippen molar-refractivity contribution in [2.45, 2.75) is 43.7 Å². The first-order valence-electron chi connectivity index (χ1n) is 10.5. The van der Waals surface area contributed by atoms with E-state index in [0.717, 1.165) is 31.2 Å². The number of benzene rings is 1. The maximum atomic E-state index is 11.9. The zero-order chi connectivity index (χ0) is 22.9. The second kappa shape index (κ2) is 11.4. The molecule has 0 atom stereocenters. The highest BCUT2D eigenvalue weighted by Gasteiger charge is 2.19. The summed E-state index contributed by atoms with van der Waals surface area (Å²) in [6.07, 6.45) is 9.34. The van der Waals surface area contributed by atoms with Crippen molar-refractivity contribution in [1.82, 2.24) is 25.0 Å². The van der Waals surface area contributed by atoms with E-state index in [-0.39, 0.29) is 24.6 Å². The molecular formula is C21H25N7O4S. The van der Waals surface area contributed by atoms with E-state index in [4.69, 9.17) is 14.2 Å². The number of esters is 1. The van der Waals surface area contributed by atoms with Crippen LogP contribution in [0.15, 0.2) is 46.9 Å². The molecule has 0 radical (unpaired) electrons. The van der Waals surface area contributed by atoms with Crippen molar-refractivity contribution >= 4 is 29.9 Å². The first-order chi connectivity index (χ1) is 16.2. The Labute approximate surface area is 194 Å². The lowest BCUT2D eigenvalue weighted by Gasteiger charge is -2.11. The number of aromatic amines is 1. The van der Waals surface area contributed by atoms with E-state index in [1.165, 1.54) is 11.8 Å². The third-order valence-electron chi connectivity index (χ3n) is 4.87. The molecule has 0 aliphatic heterocycles. The number of ether oxygens (including phenoxy) is 3. The van der Waals surface area contributed by atoms with Crippen LogP contribution in [0.1, 0.15) is 31.2 Å². The van der Waals surface area contributed by atoms with Crippen molar-refractivity contribution in [2.24, 2.45) is 5.10 Å². The van der Waals surface area contributed by atoms with Gasteiger partial charge in [-0.1, -0.05) is 11.8 Å². The molecule has 2 N–H and O–H groups in total. The molecule has 1 aliphatic rings. The Morgan fingerprint density at radius 2 is 2.24 bits per heavy atom. The second-order valence-electron chi connectivity index (χ2n) is 7.25. The van der Waals surface area contributed by atoms with Crippen molar-refractivity contribution < 1.29 is 19.0 Å². The molecule has 2 aromatic heterocycles. The van der Waals surface area contributed by atoms with E-state index in [0.29, 0.717) is 22.6 Å². The Bertz CT molecular complexity index is 1060. The molecule has 0 spiro atoms. The molecule has 0 unspecified atom stereocenters. The first-order valence-corrected chi connectivity index (χ1v) is 11.5. The van der Waals surface area contributed by atoms with Crippen LogP contribution in [0.2, 0.25) is 0 Å². The third-order valence-corrected chi connectivity index (χ3v) is 5.69. The summed E-state index contributed by atoms with van der Waals surface area (Å²) < 4.78 is 18.2. The number of methoxy groups -OCH3 is 1. The molecule has 2 heterocycles. The predicted molar refractivity (Wildman–Crippen MR) is 123 cm³/mol. The maximum absolute atomic E-state index is 11.9. The van der Waals surface area contributed by atoms with E-state index in [9.17, 15) is 4.79 Å². The summed E-state index contributed by atoms with van der Waals surface area (Å²) in [6.45, 7) is 0.280. The lowest BCUT2D eigenvalue weighted by molar-refractivity contribution is -0.145. The highest BCUT2D eigenvalue weighted by atomic mass is 32.2. The SMILES string of the molecule is COc1cc(/C=N/Nc2nc(SCC(=O)OC3CCCC3)n[nH]2)ccc1OCn1cccn1. The van der Waals surface area contributed by atoms with Gasteiger partial charge in [0.25, 0.3) is 0 Å². The quantitative estimate of drug-likeness (QED) is 0.188. The summed E-state index contributed by atoms with van der Waals surface area (Å²) in [5.74, 6) is 1.47. The minimum atomic E-state index is -0.241. The van der Waals surface area contributed by atoms with Gasteiger partial charge in [-0.15, -0.1) is 5.10 Å². The Kier molecular flexibility index (Phi) is 7.80. The topological polar surface area (TPSA) is 129 Å². The molecule has 11 nitrogen and oxygen atoms in total. The molecule has 1 aromatic carbocycles. The number of hydrogen-bond donors (Lipinski definition) is 2. The van der Waals surface area contributed by atoms with Crippen molar-refractivity contribution in [2.75, 3.05) is 18.3 Å². The summed E-state index contributed by atoms with van der Waals surface area (Å²) in [4.78, 5) is 16.2. The number of carbonyl (C=O) groups is 1. The molecule has 1 aliphatic carbocycles. The van der Waals surface area contributed by atoms with E-state index in [1.54, 1.807) is 36.3 Å². The minimum absolute atomic E-state index is 0.0625. The normalized spacial score (nSPS) is 14.0. The molecule has 1 saturated carbocycles. The molecule has 174 valence electrons. The lowest BCUT2D eigenvalue weighted by atomic mass is 10.2. The number of thioether (sulfide) groups is 1. The Hall–Kier alpha value is -3.54. The molecule has 12 heteroatoms. The highest BCUT2D eigenvalue weighted by Crippen LogP contribution is 2.28. The van der Waals surface area contributed by atoms with Crippen LogP contribution in [-0.4, -0.2) is 56.1 Å². The van der Waals surface area contributed by atoms with Crippen LogP contribution < -0.4 is 14.9 Å². The van der Waals surface area contributed by atoms with Crippen molar-refractivity contribution in [1.29, 1.82) is 0 Å². The van der Waals surface area contributed by atoms with Gasteiger partial charge in [0.15, 0.2) is 18.2 Å². The Balaban J connectivity index is 1.24. The molecule has 4 rings (SSSR count). The van der Waals surface area contributed by atoms with Crippen LogP contribution in [0.4, 0.5) is 5.95 Å². The Morgan fingerprint density at radius 3 is 3.03 bits per heavy atom. The zero-order valence-electron chi connectivity index (χ0n) is 18.1. The van der Waals surface area contributed by atoms with E-state index < -0.39 is 0 Å². The van der Waals surface area contributed by atoms with E-state index >= 15 is 0 Å². The number of hydrogen-bond acceptors (Lipinski definition) is 10. The number of carbonyl (C=O) groups excluding carboxylic acids is 1. The Morgan fingerprint density at radius 1 is 1.36 bits per heavy atom.